The lowest BCUT2D eigenvalue weighted by Gasteiger charge is -2.41. The van der Waals surface area contributed by atoms with Gasteiger partial charge < -0.3 is 28.4 Å². The topological polar surface area (TPSA) is 85.4 Å². The van der Waals surface area contributed by atoms with E-state index < -0.39 is 0 Å². The Bertz CT molecular complexity index is 3480. The second kappa shape index (κ2) is 28.6. The Hall–Kier alpha value is -6.45. The SMILES string of the molecule is COc1cc(O[C@@H]2CCCC[C@H]2N2CCCCC2)cc(-c2c(-c3ccc(OCCN4CCCC4)cc3)sc3ccccc23)c1C(=O)c1c(OC)cc(O[C@@H]2CCCC[C@H]2N2CCCCC2)cc1-c1c(-c2ccc(OCCN3CCCC3)cc2)sc2ccccc12. The molecular formula is C77H90N4O7S2. The van der Waals surface area contributed by atoms with Crippen LogP contribution in [0.25, 0.3) is 63.3 Å². The number of thiophene rings is 2. The van der Waals surface area contributed by atoms with Crippen molar-refractivity contribution in [1.29, 1.82) is 0 Å². The van der Waals surface area contributed by atoms with E-state index in [1.807, 2.05) is 12.1 Å². The number of methoxy groups -OCH3 is 2. The molecule has 8 aromatic rings. The van der Waals surface area contributed by atoms with Gasteiger partial charge in [-0.2, -0.15) is 0 Å². The van der Waals surface area contributed by atoms with Gasteiger partial charge in [0.15, 0.2) is 0 Å². The monoisotopic (exact) mass is 1250 g/mol. The summed E-state index contributed by atoms with van der Waals surface area (Å²) in [6, 6.07) is 43.4. The number of benzene rings is 6. The highest BCUT2D eigenvalue weighted by Crippen LogP contribution is 2.53. The Kier molecular flexibility index (Phi) is 19.4. The highest BCUT2D eigenvalue weighted by atomic mass is 32.1. The molecule has 6 aliphatic rings. The second-order valence-corrected chi connectivity index (χ2v) is 28.2. The van der Waals surface area contributed by atoms with Crippen molar-refractivity contribution in [2.45, 2.75) is 140 Å². The van der Waals surface area contributed by atoms with Crippen LogP contribution in [0.4, 0.5) is 0 Å². The zero-order valence-corrected chi connectivity index (χ0v) is 54.7. The van der Waals surface area contributed by atoms with Gasteiger partial charge in [0.05, 0.1) is 25.3 Å². The summed E-state index contributed by atoms with van der Waals surface area (Å²) in [6.45, 7) is 12.1. The third-order valence-corrected chi connectivity index (χ3v) is 22.8. The molecule has 11 nitrogen and oxygen atoms in total. The van der Waals surface area contributed by atoms with Crippen LogP contribution in [0, 0.1) is 0 Å². The van der Waals surface area contributed by atoms with Gasteiger partial charge in [-0.15, -0.1) is 22.7 Å². The molecule has 0 unspecified atom stereocenters. The summed E-state index contributed by atoms with van der Waals surface area (Å²) in [7, 11) is 3.41. The van der Waals surface area contributed by atoms with Gasteiger partial charge in [0, 0.05) is 89.5 Å². The number of ether oxygens (including phenoxy) is 6. The van der Waals surface area contributed by atoms with Gasteiger partial charge in [0.1, 0.15) is 59.9 Å². The third kappa shape index (κ3) is 13.3. The number of rotatable bonds is 22. The van der Waals surface area contributed by atoms with Crippen molar-refractivity contribution in [3.63, 3.8) is 0 Å². The number of fused-ring (bicyclic) bond motifs is 2. The van der Waals surface area contributed by atoms with Gasteiger partial charge in [-0.1, -0.05) is 62.1 Å². The molecule has 6 aromatic carbocycles. The summed E-state index contributed by atoms with van der Waals surface area (Å²) in [6.07, 6.45) is 21.3. The van der Waals surface area contributed by atoms with Crippen LogP contribution in [0.3, 0.4) is 0 Å². The van der Waals surface area contributed by atoms with Crippen LogP contribution in [0.15, 0.2) is 121 Å². The lowest BCUT2D eigenvalue weighted by molar-refractivity contribution is 0.0260. The zero-order chi connectivity index (χ0) is 60.8. The van der Waals surface area contributed by atoms with Crippen molar-refractivity contribution in [3.8, 4) is 77.6 Å². The number of ketones is 1. The van der Waals surface area contributed by atoms with Gasteiger partial charge in [0.25, 0.3) is 0 Å². The van der Waals surface area contributed by atoms with E-state index in [2.05, 4.69) is 129 Å². The molecule has 6 heterocycles. The van der Waals surface area contributed by atoms with Crippen molar-refractivity contribution in [3.05, 3.63) is 132 Å². The van der Waals surface area contributed by atoms with Crippen LogP contribution in [-0.2, 0) is 0 Å². The summed E-state index contributed by atoms with van der Waals surface area (Å²) < 4.78 is 43.2. The number of likely N-dealkylation sites (tertiary alicyclic amines) is 4. The number of hydrogen-bond acceptors (Lipinski definition) is 13. The van der Waals surface area contributed by atoms with Crippen LogP contribution < -0.4 is 28.4 Å². The fourth-order valence-electron chi connectivity index (χ4n) is 15.8. The lowest BCUT2D eigenvalue weighted by Crippen LogP contribution is -2.49. The smallest absolute Gasteiger partial charge is 0.201 e. The van der Waals surface area contributed by atoms with Gasteiger partial charge in [-0.05, 0) is 226 Å². The maximum Gasteiger partial charge on any atom is 0.201 e. The van der Waals surface area contributed by atoms with E-state index in [1.165, 1.54) is 77.0 Å². The van der Waals surface area contributed by atoms with E-state index in [-0.39, 0.29) is 18.0 Å². The van der Waals surface area contributed by atoms with Crippen molar-refractivity contribution in [2.24, 2.45) is 0 Å². The molecule has 4 aliphatic heterocycles. The van der Waals surface area contributed by atoms with Crippen LogP contribution in [-0.4, -0.2) is 143 Å². The first kappa shape index (κ1) is 61.1. The summed E-state index contributed by atoms with van der Waals surface area (Å²) in [5.41, 5.74) is 6.44. The van der Waals surface area contributed by atoms with Crippen molar-refractivity contribution >= 4 is 48.6 Å². The molecule has 6 fully saturated rings. The normalized spacial score (nSPS) is 21.4. The standard InChI is InChI=1S/C77H90N4O7S2/c1-83-67-51-57(87-65-25-9-7-23-63(65)80-41-13-3-14-42-80)49-61(71-59-21-5-11-27-69(59)89-76(71)53-29-33-55(34-30-53)85-47-45-78-37-17-18-38-78)73(67)75(82)74-62(50-58(52-68(74)84-2)88-66-26-10-8-24-64(66)81-43-15-4-16-44-81)72-60-22-6-12-28-70(60)90-77(72)54-31-35-56(36-32-54)86-48-46-79-39-19-20-40-79/h5-6,11-12,21-22,27-36,49-52,63-66H,3-4,7-10,13-20,23-26,37-48H2,1-2H3/t63-,64-,65-,66-/m1/s1. The van der Waals surface area contributed by atoms with Crippen molar-refractivity contribution < 1.29 is 33.2 Å². The predicted octanol–water partition coefficient (Wildman–Crippen LogP) is 17.3. The van der Waals surface area contributed by atoms with E-state index >= 15 is 4.79 Å². The van der Waals surface area contributed by atoms with Crippen molar-refractivity contribution in [2.75, 3.05) is 92.9 Å². The van der Waals surface area contributed by atoms with E-state index in [1.54, 1.807) is 36.9 Å². The molecule has 2 aliphatic carbocycles. The maximum atomic E-state index is 17.3. The molecular weight excluding hydrogens is 1160 g/mol. The Morgan fingerprint density at radius 2 is 0.822 bits per heavy atom. The molecule has 14 rings (SSSR count). The lowest BCUT2D eigenvalue weighted by atomic mass is 9.85. The van der Waals surface area contributed by atoms with E-state index in [0.717, 1.165) is 179 Å². The third-order valence-electron chi connectivity index (χ3n) is 20.4. The first-order valence-corrected chi connectivity index (χ1v) is 35.8. The molecule has 0 spiro atoms. The summed E-state index contributed by atoms with van der Waals surface area (Å²) in [4.78, 5) is 29.8. The van der Waals surface area contributed by atoms with Gasteiger partial charge in [0.2, 0.25) is 5.78 Å². The van der Waals surface area contributed by atoms with Crippen LogP contribution in [0.5, 0.6) is 34.5 Å². The Morgan fingerprint density at radius 3 is 1.23 bits per heavy atom. The predicted molar refractivity (Wildman–Crippen MR) is 368 cm³/mol. The first-order chi connectivity index (χ1) is 44.4. The van der Waals surface area contributed by atoms with Gasteiger partial charge in [-0.25, -0.2) is 0 Å². The molecule has 0 amide bonds. The molecule has 2 saturated carbocycles. The van der Waals surface area contributed by atoms with Crippen LogP contribution in [0.2, 0.25) is 0 Å². The molecule has 0 radical (unpaired) electrons. The quantitative estimate of drug-likeness (QED) is 0.0608. The van der Waals surface area contributed by atoms with Crippen molar-refractivity contribution in [1.82, 2.24) is 19.6 Å². The molecule has 4 saturated heterocycles. The average molecular weight is 1250 g/mol. The molecule has 0 bridgehead atoms. The number of carbonyl (C=O) groups excluding carboxylic acids is 1. The zero-order valence-electron chi connectivity index (χ0n) is 53.0. The Labute approximate surface area is 541 Å². The highest BCUT2D eigenvalue weighted by molar-refractivity contribution is 7.23. The molecule has 4 atom stereocenters. The number of nitrogens with zero attached hydrogens (tertiary/aromatic N) is 4. The minimum atomic E-state index is -0.203. The van der Waals surface area contributed by atoms with E-state index in [4.69, 9.17) is 28.4 Å². The minimum absolute atomic E-state index is 0.00794. The number of hydrogen-bond donors (Lipinski definition) is 0. The van der Waals surface area contributed by atoms with Gasteiger partial charge in [-0.3, -0.25) is 24.4 Å². The Morgan fingerprint density at radius 1 is 0.433 bits per heavy atom. The largest absolute Gasteiger partial charge is 0.496 e. The van der Waals surface area contributed by atoms with E-state index in [0.29, 0.717) is 59.4 Å². The number of carbonyl (C=O) groups is 1. The minimum Gasteiger partial charge on any atom is -0.496 e. The fraction of sp³-hybridized carbons (Fsp3) is 0.468. The summed E-state index contributed by atoms with van der Waals surface area (Å²) in [5.74, 6) is 3.81. The van der Waals surface area contributed by atoms with Crippen LogP contribution >= 0.6 is 22.7 Å². The highest BCUT2D eigenvalue weighted by Gasteiger charge is 2.37. The number of piperidine rings is 2. The maximum absolute atomic E-state index is 17.3. The molecule has 2 aromatic heterocycles. The average Bonchev–Trinajstić information content (AvgIpc) is 1.54. The molecule has 0 N–H and O–H groups in total. The second-order valence-electron chi connectivity index (χ2n) is 26.1. The molecule has 472 valence electrons. The fourth-order valence-corrected chi connectivity index (χ4v) is 18.2. The molecule has 13 heteroatoms. The van der Waals surface area contributed by atoms with Crippen LogP contribution in [0.1, 0.15) is 131 Å². The summed E-state index contributed by atoms with van der Waals surface area (Å²) in [5, 5.41) is 2.11. The summed E-state index contributed by atoms with van der Waals surface area (Å²) >= 11 is 3.50. The molecule has 90 heavy (non-hydrogen) atoms. The first-order valence-electron chi connectivity index (χ1n) is 34.2. The van der Waals surface area contributed by atoms with Gasteiger partial charge >= 0.3 is 0 Å². The van der Waals surface area contributed by atoms with E-state index in [9.17, 15) is 0 Å². The Balaban J connectivity index is 0.935.